The van der Waals surface area contributed by atoms with Gasteiger partial charge in [-0.15, -0.1) is 0 Å². The fraction of sp³-hybridized carbons (Fsp3) is 0.300. The Balaban J connectivity index is 2.06. The molecule has 1 aromatic heterocycles. The first-order valence-electron chi connectivity index (χ1n) is 8.27. The second-order valence-corrected chi connectivity index (χ2v) is 6.76. The molecule has 3 heterocycles. The van der Waals surface area contributed by atoms with Gasteiger partial charge in [-0.1, -0.05) is 30.3 Å². The van der Waals surface area contributed by atoms with Gasteiger partial charge in [0.15, 0.2) is 11.5 Å². The van der Waals surface area contributed by atoms with Crippen molar-refractivity contribution in [3.63, 3.8) is 0 Å². The molecule has 132 valence electrons. The van der Waals surface area contributed by atoms with Crippen LogP contribution in [0.15, 0.2) is 53.1 Å². The molecular weight excluding hydrogens is 344 g/mol. The summed E-state index contributed by atoms with van der Waals surface area (Å²) in [5.41, 5.74) is -3.24. The monoisotopic (exact) mass is 358 g/mol. The van der Waals surface area contributed by atoms with Gasteiger partial charge in [0.2, 0.25) is 17.1 Å². The summed E-state index contributed by atoms with van der Waals surface area (Å²) in [5, 5.41) is 38.9. The van der Waals surface area contributed by atoms with Crippen molar-refractivity contribution in [2.24, 2.45) is 10.8 Å². The quantitative estimate of drug-likeness (QED) is 0.876. The number of nitriles is 3. The molecule has 7 nitrogen and oxygen atoms in total. The maximum atomic E-state index is 10.2. The number of furan rings is 1. The second-order valence-electron chi connectivity index (χ2n) is 6.76. The highest BCUT2D eigenvalue weighted by molar-refractivity contribution is 5.90. The summed E-state index contributed by atoms with van der Waals surface area (Å²) in [6.45, 7) is 1.62. The van der Waals surface area contributed by atoms with Crippen LogP contribution in [0, 0.1) is 50.2 Å². The first kappa shape index (κ1) is 16.8. The fourth-order valence-electron chi connectivity index (χ4n) is 4.33. The number of ether oxygens (including phenoxy) is 2. The molecule has 27 heavy (non-hydrogen) atoms. The van der Waals surface area contributed by atoms with Crippen molar-refractivity contribution in [3.05, 3.63) is 60.1 Å². The number of nitrogens with zero attached hydrogens (tertiary/aromatic N) is 3. The lowest BCUT2D eigenvalue weighted by atomic mass is 9.53. The maximum Gasteiger partial charge on any atom is 0.219 e. The molecule has 0 unspecified atom stereocenters. The average Bonchev–Trinajstić information content (AvgIpc) is 3.27. The van der Waals surface area contributed by atoms with Crippen LogP contribution in [0.3, 0.4) is 0 Å². The molecule has 2 bridgehead atoms. The minimum absolute atomic E-state index is 0.230. The zero-order valence-corrected chi connectivity index (χ0v) is 14.3. The Morgan fingerprint density at radius 1 is 1.00 bits per heavy atom. The molecular formula is C20H14N4O3. The molecule has 2 fully saturated rings. The number of hydrogen-bond acceptors (Lipinski definition) is 7. The molecule has 4 rings (SSSR count). The normalized spacial score (nSPS) is 33.3. The smallest absolute Gasteiger partial charge is 0.219 e. The molecule has 0 aliphatic carbocycles. The summed E-state index contributed by atoms with van der Waals surface area (Å²) in [5.74, 6) is -2.47. The predicted octanol–water partition coefficient (Wildman–Crippen LogP) is 3.40. The van der Waals surface area contributed by atoms with Crippen LogP contribution in [0.5, 0.6) is 0 Å². The van der Waals surface area contributed by atoms with Crippen LogP contribution in [0.25, 0.3) is 0 Å². The van der Waals surface area contributed by atoms with Gasteiger partial charge in [0, 0.05) is 6.92 Å². The first-order chi connectivity index (χ1) is 13.0. The Morgan fingerprint density at radius 3 is 2.26 bits per heavy atom. The Hall–Kier alpha value is -3.60. The van der Waals surface area contributed by atoms with Gasteiger partial charge in [-0.25, -0.2) is 0 Å². The summed E-state index contributed by atoms with van der Waals surface area (Å²) in [6, 6.07) is 18.2. The summed E-state index contributed by atoms with van der Waals surface area (Å²) >= 11 is 0. The average molecular weight is 358 g/mol. The molecule has 1 N–H and O–H groups in total. The van der Waals surface area contributed by atoms with Crippen molar-refractivity contribution in [2.45, 2.75) is 24.7 Å². The standard InChI is InChI=1S/C20H14N4O3/c1-18-15(13-6-3-2-4-7-13)20(12-23,17(24)27-18)19(10-21,11-22)16(26-18)14-8-5-9-25-14/h2-9,15-16,24H,1H3/t15-,16-,18-,20-/m1/s1. The van der Waals surface area contributed by atoms with Gasteiger partial charge in [-0.05, 0) is 17.7 Å². The van der Waals surface area contributed by atoms with Crippen LogP contribution >= 0.6 is 0 Å². The molecule has 1 aromatic carbocycles. The molecule has 0 spiro atoms. The van der Waals surface area contributed by atoms with Crippen LogP contribution in [0.1, 0.15) is 30.3 Å². The van der Waals surface area contributed by atoms with Gasteiger partial charge in [-0.3, -0.25) is 5.41 Å². The van der Waals surface area contributed by atoms with Gasteiger partial charge in [0.1, 0.15) is 5.76 Å². The second kappa shape index (κ2) is 5.45. The van der Waals surface area contributed by atoms with Crippen molar-refractivity contribution in [2.75, 3.05) is 0 Å². The lowest BCUT2D eigenvalue weighted by molar-refractivity contribution is -0.257. The molecule has 2 aliphatic rings. The Bertz CT molecular complexity index is 1010. The first-order valence-corrected chi connectivity index (χ1v) is 8.27. The van der Waals surface area contributed by atoms with Crippen LogP contribution in [-0.4, -0.2) is 11.7 Å². The van der Waals surface area contributed by atoms with E-state index in [1.165, 1.54) is 6.26 Å². The highest BCUT2D eigenvalue weighted by atomic mass is 16.7. The summed E-state index contributed by atoms with van der Waals surface area (Å²) < 4.78 is 17.2. The molecule has 4 atom stereocenters. The molecule has 2 aromatic rings. The fourth-order valence-corrected chi connectivity index (χ4v) is 4.33. The number of rotatable bonds is 2. The van der Waals surface area contributed by atoms with E-state index in [1.807, 2.05) is 18.2 Å². The minimum atomic E-state index is -2.03. The van der Waals surface area contributed by atoms with E-state index in [2.05, 4.69) is 6.07 Å². The topological polar surface area (TPSA) is 127 Å². The van der Waals surface area contributed by atoms with Gasteiger partial charge >= 0.3 is 0 Å². The van der Waals surface area contributed by atoms with E-state index in [9.17, 15) is 15.8 Å². The third-order valence-electron chi connectivity index (χ3n) is 5.45. The predicted molar refractivity (Wildman–Crippen MR) is 90.6 cm³/mol. The summed E-state index contributed by atoms with van der Waals surface area (Å²) in [4.78, 5) is 0. The van der Waals surface area contributed by atoms with E-state index < -0.39 is 34.5 Å². The van der Waals surface area contributed by atoms with E-state index in [4.69, 9.17) is 19.3 Å². The molecule has 7 heteroatoms. The van der Waals surface area contributed by atoms with E-state index >= 15 is 0 Å². The zero-order chi connectivity index (χ0) is 19.3. The lowest BCUT2D eigenvalue weighted by Crippen LogP contribution is -2.57. The Labute approximate surface area is 155 Å². The van der Waals surface area contributed by atoms with E-state index in [1.54, 1.807) is 43.3 Å². The van der Waals surface area contributed by atoms with Gasteiger partial charge in [0.25, 0.3) is 0 Å². The number of hydrogen-bond donors (Lipinski definition) is 1. The van der Waals surface area contributed by atoms with Crippen molar-refractivity contribution in [1.29, 1.82) is 21.2 Å². The van der Waals surface area contributed by atoms with Gasteiger partial charge in [0.05, 0.1) is 30.4 Å². The van der Waals surface area contributed by atoms with Gasteiger partial charge < -0.3 is 13.9 Å². The molecule has 2 aliphatic heterocycles. The highest BCUT2D eigenvalue weighted by Gasteiger charge is 2.80. The Kier molecular flexibility index (Phi) is 3.40. The van der Waals surface area contributed by atoms with Gasteiger partial charge in [-0.2, -0.15) is 15.8 Å². The summed E-state index contributed by atoms with van der Waals surface area (Å²) in [7, 11) is 0. The third kappa shape index (κ3) is 1.83. The molecule has 2 saturated heterocycles. The van der Waals surface area contributed by atoms with Crippen molar-refractivity contribution in [3.8, 4) is 18.2 Å². The molecule has 0 amide bonds. The minimum Gasteiger partial charge on any atom is -0.466 e. The highest BCUT2D eigenvalue weighted by Crippen LogP contribution is 2.69. The summed E-state index contributed by atoms with van der Waals surface area (Å²) in [6.07, 6.45) is 0.215. The van der Waals surface area contributed by atoms with Crippen LogP contribution in [-0.2, 0) is 9.47 Å². The third-order valence-corrected chi connectivity index (χ3v) is 5.45. The molecule has 0 radical (unpaired) electrons. The van der Waals surface area contributed by atoms with Crippen LogP contribution in [0.2, 0.25) is 0 Å². The maximum absolute atomic E-state index is 10.2. The van der Waals surface area contributed by atoms with Crippen LogP contribution < -0.4 is 0 Å². The number of fused-ring (bicyclic) bond motifs is 2. The Morgan fingerprint density at radius 2 is 1.70 bits per heavy atom. The lowest BCUT2D eigenvalue weighted by Gasteiger charge is -2.48. The number of benzene rings is 1. The largest absolute Gasteiger partial charge is 0.466 e. The van der Waals surface area contributed by atoms with Crippen molar-refractivity contribution < 1.29 is 13.9 Å². The molecule has 0 saturated carbocycles. The van der Waals surface area contributed by atoms with Crippen LogP contribution in [0.4, 0.5) is 0 Å². The van der Waals surface area contributed by atoms with Crippen molar-refractivity contribution >= 4 is 5.90 Å². The van der Waals surface area contributed by atoms with E-state index in [0.717, 1.165) is 0 Å². The zero-order valence-electron chi connectivity index (χ0n) is 14.3. The van der Waals surface area contributed by atoms with Crippen molar-refractivity contribution in [1.82, 2.24) is 0 Å². The SMILES string of the molecule is C[C@@]12OC(=N)[C@@](C#N)([C@@H]1c1ccccc1)C(C#N)(C#N)[C@@H](c1ccco1)O2. The van der Waals surface area contributed by atoms with E-state index in [-0.39, 0.29) is 5.76 Å². The van der Waals surface area contributed by atoms with E-state index in [0.29, 0.717) is 5.56 Å². The number of nitrogens with one attached hydrogen (secondary N) is 1.